The van der Waals surface area contributed by atoms with Crippen LogP contribution in [0.25, 0.3) is 0 Å². The second kappa shape index (κ2) is 6.87. The van der Waals surface area contributed by atoms with Crippen molar-refractivity contribution in [3.63, 3.8) is 0 Å². The Labute approximate surface area is 136 Å². The average Bonchev–Trinajstić information content (AvgIpc) is 2.59. The number of fused-ring (bicyclic) bond motifs is 1. The third kappa shape index (κ3) is 3.40. The van der Waals surface area contributed by atoms with Crippen LogP contribution in [0.2, 0.25) is 0 Å². The molecule has 0 radical (unpaired) electrons. The molecule has 1 unspecified atom stereocenters. The van der Waals surface area contributed by atoms with Gasteiger partial charge in [-0.1, -0.05) is 38.1 Å². The third-order valence-corrected chi connectivity index (χ3v) is 4.22. The summed E-state index contributed by atoms with van der Waals surface area (Å²) in [7, 11) is 0. The standard InChI is InChI=1S/C18H22N4O/c1-12(2)17-15(9-19-11-22-17)18(23)21-10-16-14-6-4-3-5-13(14)7-8-20-16/h3-6,9,11-12,16,20H,7-8,10H2,1-2H3,(H,21,23). The van der Waals surface area contributed by atoms with Crippen LogP contribution in [0.15, 0.2) is 36.8 Å². The molecule has 1 aromatic carbocycles. The van der Waals surface area contributed by atoms with Gasteiger partial charge < -0.3 is 10.6 Å². The first-order valence-electron chi connectivity index (χ1n) is 8.06. The lowest BCUT2D eigenvalue weighted by molar-refractivity contribution is 0.0947. The summed E-state index contributed by atoms with van der Waals surface area (Å²) in [5.41, 5.74) is 3.98. The molecule has 120 valence electrons. The van der Waals surface area contributed by atoms with Gasteiger partial charge in [0.25, 0.3) is 5.91 Å². The maximum atomic E-state index is 12.5. The summed E-state index contributed by atoms with van der Waals surface area (Å²) < 4.78 is 0. The maximum absolute atomic E-state index is 12.5. The van der Waals surface area contributed by atoms with E-state index in [1.54, 1.807) is 6.20 Å². The van der Waals surface area contributed by atoms with E-state index in [0.717, 1.165) is 18.7 Å². The molecule has 3 rings (SSSR count). The molecule has 0 spiro atoms. The summed E-state index contributed by atoms with van der Waals surface area (Å²) >= 11 is 0. The van der Waals surface area contributed by atoms with E-state index in [1.807, 2.05) is 19.9 Å². The molecule has 0 saturated heterocycles. The van der Waals surface area contributed by atoms with Crippen molar-refractivity contribution in [3.05, 3.63) is 59.2 Å². The molecule has 5 heteroatoms. The van der Waals surface area contributed by atoms with Crippen molar-refractivity contribution in [1.29, 1.82) is 0 Å². The summed E-state index contributed by atoms with van der Waals surface area (Å²) in [5, 5.41) is 6.50. The predicted molar refractivity (Wildman–Crippen MR) is 89.3 cm³/mol. The predicted octanol–water partition coefficient (Wildman–Crippen LogP) is 2.22. The zero-order chi connectivity index (χ0) is 16.2. The van der Waals surface area contributed by atoms with Crippen LogP contribution in [0.5, 0.6) is 0 Å². The number of hydrogen-bond donors (Lipinski definition) is 2. The number of carbonyl (C=O) groups excluding carboxylic acids is 1. The van der Waals surface area contributed by atoms with Crippen LogP contribution >= 0.6 is 0 Å². The van der Waals surface area contributed by atoms with Gasteiger partial charge in [-0.2, -0.15) is 0 Å². The largest absolute Gasteiger partial charge is 0.350 e. The summed E-state index contributed by atoms with van der Waals surface area (Å²) in [6.07, 6.45) is 4.12. The van der Waals surface area contributed by atoms with Crippen molar-refractivity contribution in [2.24, 2.45) is 0 Å². The highest BCUT2D eigenvalue weighted by molar-refractivity contribution is 5.95. The summed E-state index contributed by atoms with van der Waals surface area (Å²) in [5.74, 6) is 0.0754. The Hall–Kier alpha value is -2.27. The van der Waals surface area contributed by atoms with Crippen LogP contribution in [0.1, 0.15) is 53.0 Å². The topological polar surface area (TPSA) is 66.9 Å². The van der Waals surface area contributed by atoms with Gasteiger partial charge in [-0.25, -0.2) is 9.97 Å². The first kappa shape index (κ1) is 15.6. The SMILES string of the molecule is CC(C)c1ncncc1C(=O)NCC1NCCc2ccccc21. The van der Waals surface area contributed by atoms with Gasteiger partial charge >= 0.3 is 0 Å². The van der Waals surface area contributed by atoms with Crippen LogP contribution < -0.4 is 10.6 Å². The molecule has 0 aliphatic carbocycles. The molecule has 0 saturated carbocycles. The Kier molecular flexibility index (Phi) is 4.67. The minimum atomic E-state index is -0.112. The minimum Gasteiger partial charge on any atom is -0.350 e. The van der Waals surface area contributed by atoms with Gasteiger partial charge in [0.2, 0.25) is 0 Å². The van der Waals surface area contributed by atoms with Gasteiger partial charge in [0.15, 0.2) is 0 Å². The van der Waals surface area contributed by atoms with Gasteiger partial charge in [-0.15, -0.1) is 0 Å². The van der Waals surface area contributed by atoms with E-state index in [0.29, 0.717) is 12.1 Å². The first-order valence-corrected chi connectivity index (χ1v) is 8.06. The summed E-state index contributed by atoms with van der Waals surface area (Å²) in [4.78, 5) is 20.7. The molecule has 1 aliphatic rings. The molecule has 1 amide bonds. The van der Waals surface area contributed by atoms with Crippen LogP contribution in [0, 0.1) is 0 Å². The Balaban J connectivity index is 1.71. The van der Waals surface area contributed by atoms with E-state index in [4.69, 9.17) is 0 Å². The number of nitrogens with one attached hydrogen (secondary N) is 2. The van der Waals surface area contributed by atoms with E-state index in [-0.39, 0.29) is 17.9 Å². The van der Waals surface area contributed by atoms with Crippen molar-refractivity contribution in [1.82, 2.24) is 20.6 Å². The zero-order valence-corrected chi connectivity index (χ0v) is 13.5. The molecule has 1 aromatic heterocycles. The molecule has 2 N–H and O–H groups in total. The van der Waals surface area contributed by atoms with Crippen molar-refractivity contribution in [2.45, 2.75) is 32.2 Å². The Morgan fingerprint density at radius 1 is 1.39 bits per heavy atom. The van der Waals surface area contributed by atoms with Gasteiger partial charge in [-0.3, -0.25) is 4.79 Å². The number of hydrogen-bond acceptors (Lipinski definition) is 4. The number of nitrogens with zero attached hydrogens (tertiary/aromatic N) is 2. The normalized spacial score (nSPS) is 16.9. The van der Waals surface area contributed by atoms with E-state index >= 15 is 0 Å². The molecular weight excluding hydrogens is 288 g/mol. The minimum absolute atomic E-state index is 0.112. The number of rotatable bonds is 4. The van der Waals surface area contributed by atoms with Crippen molar-refractivity contribution in [2.75, 3.05) is 13.1 Å². The van der Waals surface area contributed by atoms with E-state index in [2.05, 4.69) is 38.8 Å². The summed E-state index contributed by atoms with van der Waals surface area (Å²) in [6, 6.07) is 8.55. The average molecular weight is 310 g/mol. The number of amides is 1. The highest BCUT2D eigenvalue weighted by atomic mass is 16.1. The van der Waals surface area contributed by atoms with Crippen LogP contribution in [0.4, 0.5) is 0 Å². The van der Waals surface area contributed by atoms with Gasteiger partial charge in [0.1, 0.15) is 6.33 Å². The van der Waals surface area contributed by atoms with E-state index in [9.17, 15) is 4.79 Å². The quantitative estimate of drug-likeness (QED) is 0.908. The molecular formula is C18H22N4O. The summed E-state index contributed by atoms with van der Waals surface area (Å²) in [6.45, 7) is 5.54. The first-order chi connectivity index (χ1) is 11.2. The second-order valence-corrected chi connectivity index (χ2v) is 6.14. The highest BCUT2D eigenvalue weighted by Gasteiger charge is 2.21. The van der Waals surface area contributed by atoms with Crippen molar-refractivity contribution in [3.8, 4) is 0 Å². The molecule has 1 atom stereocenters. The fourth-order valence-electron chi connectivity index (χ4n) is 3.04. The fourth-order valence-corrected chi connectivity index (χ4v) is 3.04. The van der Waals surface area contributed by atoms with Crippen LogP contribution in [-0.4, -0.2) is 29.0 Å². The van der Waals surface area contributed by atoms with Crippen molar-refractivity contribution < 1.29 is 4.79 Å². The third-order valence-electron chi connectivity index (χ3n) is 4.22. The Morgan fingerprint density at radius 3 is 3.04 bits per heavy atom. The fraction of sp³-hybridized carbons (Fsp3) is 0.389. The van der Waals surface area contributed by atoms with Crippen LogP contribution in [0.3, 0.4) is 0 Å². The Bertz CT molecular complexity index is 699. The highest BCUT2D eigenvalue weighted by Crippen LogP contribution is 2.22. The molecule has 23 heavy (non-hydrogen) atoms. The maximum Gasteiger partial charge on any atom is 0.254 e. The monoisotopic (exact) mass is 310 g/mol. The lowest BCUT2D eigenvalue weighted by atomic mass is 9.94. The molecule has 0 fully saturated rings. The number of carbonyl (C=O) groups is 1. The van der Waals surface area contributed by atoms with Crippen molar-refractivity contribution >= 4 is 5.91 Å². The second-order valence-electron chi connectivity index (χ2n) is 6.14. The molecule has 2 heterocycles. The van der Waals surface area contributed by atoms with Gasteiger partial charge in [-0.05, 0) is 30.0 Å². The van der Waals surface area contributed by atoms with Gasteiger partial charge in [0.05, 0.1) is 11.3 Å². The lowest BCUT2D eigenvalue weighted by Gasteiger charge is -2.27. The molecule has 1 aliphatic heterocycles. The number of benzene rings is 1. The molecule has 2 aromatic rings. The molecule has 5 nitrogen and oxygen atoms in total. The Morgan fingerprint density at radius 2 is 2.22 bits per heavy atom. The van der Waals surface area contributed by atoms with E-state index in [1.165, 1.54) is 17.5 Å². The number of aromatic nitrogens is 2. The molecule has 0 bridgehead atoms. The zero-order valence-electron chi connectivity index (χ0n) is 13.5. The lowest BCUT2D eigenvalue weighted by Crippen LogP contribution is -2.39. The smallest absolute Gasteiger partial charge is 0.254 e. The van der Waals surface area contributed by atoms with E-state index < -0.39 is 0 Å². The van der Waals surface area contributed by atoms with Gasteiger partial charge in [0, 0.05) is 18.8 Å². The van der Waals surface area contributed by atoms with Crippen LogP contribution in [-0.2, 0) is 6.42 Å².